The second-order valence-corrected chi connectivity index (χ2v) is 3.99. The van der Waals surface area contributed by atoms with Gasteiger partial charge in [-0.3, -0.25) is 0 Å². The number of rotatable bonds is 2. The Hall–Kier alpha value is -0.570. The van der Waals surface area contributed by atoms with E-state index >= 15 is 0 Å². The van der Waals surface area contributed by atoms with E-state index in [0.717, 1.165) is 28.5 Å². The van der Waals surface area contributed by atoms with Crippen LogP contribution in [0.3, 0.4) is 0 Å². The van der Waals surface area contributed by atoms with Crippen molar-refractivity contribution in [2.75, 3.05) is 6.61 Å². The molecule has 0 bridgehead atoms. The van der Waals surface area contributed by atoms with Crippen LogP contribution in [0.5, 0.6) is 0 Å². The van der Waals surface area contributed by atoms with Crippen molar-refractivity contribution in [1.29, 1.82) is 0 Å². The van der Waals surface area contributed by atoms with Crippen LogP contribution in [-0.2, 0) is 9.53 Å². The first-order valence-corrected chi connectivity index (χ1v) is 5.17. The lowest BCUT2D eigenvalue weighted by Gasteiger charge is -2.13. The lowest BCUT2D eigenvalue weighted by molar-refractivity contribution is -0.138. The molecule has 0 radical (unpaired) electrons. The third kappa shape index (κ3) is 2.69. The van der Waals surface area contributed by atoms with Crippen molar-refractivity contribution in [3.63, 3.8) is 0 Å². The number of allylic oxidation sites excluding steroid dienone is 3. The normalized spacial score (nSPS) is 17.0. The Kier molecular flexibility index (Phi) is 3.72. The van der Waals surface area contributed by atoms with Gasteiger partial charge in [0.25, 0.3) is 0 Å². The fourth-order valence-corrected chi connectivity index (χ4v) is 1.86. The second-order valence-electron chi connectivity index (χ2n) is 2.97. The van der Waals surface area contributed by atoms with Gasteiger partial charge in [0.15, 0.2) is 0 Å². The zero-order chi connectivity index (χ0) is 9.84. The van der Waals surface area contributed by atoms with Crippen LogP contribution in [-0.4, -0.2) is 12.6 Å². The van der Waals surface area contributed by atoms with Crippen LogP contribution < -0.4 is 0 Å². The molecule has 3 heteroatoms. The van der Waals surface area contributed by atoms with E-state index in [1.54, 1.807) is 0 Å². The molecule has 0 aliphatic heterocycles. The Labute approximate surface area is 86.8 Å². The van der Waals surface area contributed by atoms with Gasteiger partial charge in [-0.1, -0.05) is 15.9 Å². The summed E-state index contributed by atoms with van der Waals surface area (Å²) < 4.78 is 6.10. The number of hydrogen-bond acceptors (Lipinski definition) is 2. The number of esters is 1. The second kappa shape index (κ2) is 4.61. The zero-order valence-corrected chi connectivity index (χ0v) is 9.48. The fraction of sp³-hybridized carbons (Fsp3) is 0.500. The molecule has 0 saturated heterocycles. The van der Waals surface area contributed by atoms with Crippen LogP contribution in [0.4, 0.5) is 0 Å². The Morgan fingerprint density at radius 2 is 2.31 bits per heavy atom. The van der Waals surface area contributed by atoms with Gasteiger partial charge in [-0.05, 0) is 42.8 Å². The molecule has 0 amide bonds. The van der Waals surface area contributed by atoms with E-state index in [4.69, 9.17) is 4.74 Å². The molecule has 72 valence electrons. The molecule has 0 heterocycles. The summed E-state index contributed by atoms with van der Waals surface area (Å²) in [6, 6.07) is 0. The molecule has 1 aliphatic carbocycles. The molecule has 0 atom stereocenters. The highest BCUT2D eigenvalue weighted by Crippen LogP contribution is 2.27. The summed E-state index contributed by atoms with van der Waals surface area (Å²) in [4.78, 5) is 11.4. The molecule has 0 saturated carbocycles. The predicted octanol–water partition coefficient (Wildman–Crippen LogP) is 2.94. The van der Waals surface area contributed by atoms with Crippen molar-refractivity contribution in [3.05, 3.63) is 21.7 Å². The van der Waals surface area contributed by atoms with Crippen molar-refractivity contribution in [2.45, 2.75) is 26.7 Å². The van der Waals surface area contributed by atoms with Crippen LogP contribution in [0.1, 0.15) is 26.7 Å². The lowest BCUT2D eigenvalue weighted by Crippen LogP contribution is -2.11. The first-order valence-electron chi connectivity index (χ1n) is 4.38. The van der Waals surface area contributed by atoms with E-state index in [2.05, 4.69) is 15.9 Å². The first kappa shape index (κ1) is 10.5. The molecule has 0 spiro atoms. The molecule has 0 aromatic rings. The van der Waals surface area contributed by atoms with Crippen molar-refractivity contribution in [3.8, 4) is 0 Å². The van der Waals surface area contributed by atoms with Crippen molar-refractivity contribution in [2.24, 2.45) is 0 Å². The summed E-state index contributed by atoms with van der Waals surface area (Å²) in [5.74, 6) is -0.170. The zero-order valence-electron chi connectivity index (χ0n) is 7.89. The van der Waals surface area contributed by atoms with Gasteiger partial charge < -0.3 is 4.74 Å². The van der Waals surface area contributed by atoms with Crippen molar-refractivity contribution >= 4 is 21.9 Å². The highest BCUT2D eigenvalue weighted by atomic mass is 79.9. The highest BCUT2D eigenvalue weighted by Gasteiger charge is 2.16. The summed E-state index contributed by atoms with van der Waals surface area (Å²) in [6.07, 6.45) is 3.66. The summed E-state index contributed by atoms with van der Waals surface area (Å²) >= 11 is 3.42. The van der Waals surface area contributed by atoms with Crippen LogP contribution in [0.2, 0.25) is 0 Å². The molecule has 0 fully saturated rings. The molecular weight excluding hydrogens is 232 g/mol. The largest absolute Gasteiger partial charge is 0.463 e. The van der Waals surface area contributed by atoms with Gasteiger partial charge >= 0.3 is 5.97 Å². The van der Waals surface area contributed by atoms with Gasteiger partial charge in [0, 0.05) is 5.57 Å². The van der Waals surface area contributed by atoms with Gasteiger partial charge in [0.05, 0.1) is 6.61 Å². The summed E-state index contributed by atoms with van der Waals surface area (Å²) in [5, 5.41) is 0. The number of carbonyl (C=O) groups is 1. The maximum absolute atomic E-state index is 11.4. The van der Waals surface area contributed by atoms with Crippen LogP contribution in [0.25, 0.3) is 0 Å². The average Bonchev–Trinajstić information content (AvgIpc) is 2.04. The molecule has 1 rings (SSSR count). The molecule has 0 aromatic heterocycles. The summed E-state index contributed by atoms with van der Waals surface area (Å²) in [7, 11) is 0. The van der Waals surface area contributed by atoms with E-state index in [1.165, 1.54) is 0 Å². The Balaban J connectivity index is 2.79. The third-order valence-corrected chi connectivity index (χ3v) is 2.61. The minimum atomic E-state index is -0.170. The third-order valence-electron chi connectivity index (χ3n) is 1.98. The van der Waals surface area contributed by atoms with E-state index in [-0.39, 0.29) is 5.97 Å². The Bertz CT molecular complexity index is 277. The lowest BCUT2D eigenvalue weighted by atomic mass is 9.99. The first-order chi connectivity index (χ1) is 6.15. The number of hydrogen-bond donors (Lipinski definition) is 0. The maximum atomic E-state index is 11.4. The minimum Gasteiger partial charge on any atom is -0.463 e. The standard InChI is InChI=1S/C10H13BrO2/c1-3-13-10(12)9-5-4-8(11)6-7(9)2/h6H,3-5H2,1-2H3. The van der Waals surface area contributed by atoms with E-state index in [1.807, 2.05) is 19.9 Å². The monoisotopic (exact) mass is 244 g/mol. The van der Waals surface area contributed by atoms with Crippen LogP contribution in [0, 0.1) is 0 Å². The predicted molar refractivity (Wildman–Crippen MR) is 55.6 cm³/mol. The Morgan fingerprint density at radius 3 is 2.85 bits per heavy atom. The maximum Gasteiger partial charge on any atom is 0.334 e. The van der Waals surface area contributed by atoms with Gasteiger partial charge in [-0.15, -0.1) is 0 Å². The molecular formula is C10H13BrO2. The fourth-order valence-electron chi connectivity index (χ4n) is 1.32. The van der Waals surface area contributed by atoms with Gasteiger partial charge in [-0.25, -0.2) is 4.79 Å². The van der Waals surface area contributed by atoms with Crippen LogP contribution in [0.15, 0.2) is 21.7 Å². The number of ether oxygens (including phenoxy) is 1. The average molecular weight is 245 g/mol. The smallest absolute Gasteiger partial charge is 0.334 e. The van der Waals surface area contributed by atoms with Gasteiger partial charge in [0.1, 0.15) is 0 Å². The molecule has 1 aliphatic rings. The molecule has 2 nitrogen and oxygen atoms in total. The van der Waals surface area contributed by atoms with E-state index in [9.17, 15) is 4.79 Å². The Morgan fingerprint density at radius 1 is 1.62 bits per heavy atom. The number of halogens is 1. The molecule has 0 N–H and O–H groups in total. The molecule has 0 aromatic carbocycles. The van der Waals surface area contributed by atoms with Crippen molar-refractivity contribution in [1.82, 2.24) is 0 Å². The quantitative estimate of drug-likeness (QED) is 0.699. The molecule has 13 heavy (non-hydrogen) atoms. The van der Waals surface area contributed by atoms with Gasteiger partial charge in [-0.2, -0.15) is 0 Å². The van der Waals surface area contributed by atoms with E-state index < -0.39 is 0 Å². The van der Waals surface area contributed by atoms with Crippen molar-refractivity contribution < 1.29 is 9.53 Å². The topological polar surface area (TPSA) is 26.3 Å². The SMILES string of the molecule is CCOC(=O)C1=C(C)C=C(Br)CC1. The summed E-state index contributed by atoms with van der Waals surface area (Å²) in [6.45, 7) is 4.20. The highest BCUT2D eigenvalue weighted by molar-refractivity contribution is 9.11. The van der Waals surface area contributed by atoms with E-state index in [0.29, 0.717) is 6.61 Å². The van der Waals surface area contributed by atoms with Crippen LogP contribution >= 0.6 is 15.9 Å². The molecule has 0 unspecified atom stereocenters. The number of carbonyl (C=O) groups excluding carboxylic acids is 1. The summed E-state index contributed by atoms with van der Waals surface area (Å²) in [5.41, 5.74) is 1.82. The van der Waals surface area contributed by atoms with Gasteiger partial charge in [0.2, 0.25) is 0 Å². The minimum absolute atomic E-state index is 0.170.